The molecule has 0 radical (unpaired) electrons. The smallest absolute Gasteiger partial charge is 0.135 e. The zero-order valence-electron chi connectivity index (χ0n) is 16.0. The number of aromatic nitrogens is 1. The Morgan fingerprint density at radius 3 is 2.07 bits per heavy atom. The van der Waals surface area contributed by atoms with Gasteiger partial charge in [-0.05, 0) is 65.7 Å². The molecular weight excluding hydrogens is 376 g/mol. The van der Waals surface area contributed by atoms with Gasteiger partial charge in [0, 0.05) is 5.56 Å². The van der Waals surface area contributed by atoms with Crippen LogP contribution in [0.15, 0.2) is 84.9 Å². The molecule has 0 aliphatic rings. The summed E-state index contributed by atoms with van der Waals surface area (Å²) in [6, 6.07) is 25.5. The van der Waals surface area contributed by atoms with Gasteiger partial charge in [-0.25, -0.2) is 4.98 Å². The van der Waals surface area contributed by atoms with Gasteiger partial charge in [0.25, 0.3) is 0 Å². The van der Waals surface area contributed by atoms with Gasteiger partial charge in [0.15, 0.2) is 0 Å². The molecule has 0 unspecified atom stereocenters. The number of para-hydroxylation sites is 1. The molecule has 4 aromatic rings. The zero-order chi connectivity index (χ0) is 21.1. The molecule has 1 aromatic heterocycles. The summed E-state index contributed by atoms with van der Waals surface area (Å²) in [5.74, 6) is 1.62. The minimum atomic E-state index is -0.156. The van der Waals surface area contributed by atoms with Crippen LogP contribution < -0.4 is 16.2 Å². The largest absolute Gasteiger partial charge is 0.508 e. The molecule has 0 spiro atoms. The van der Waals surface area contributed by atoms with Gasteiger partial charge in [-0.1, -0.05) is 30.3 Å². The van der Waals surface area contributed by atoms with Gasteiger partial charge in [-0.3, -0.25) is 5.41 Å². The average Bonchev–Trinajstić information content (AvgIpc) is 2.75. The summed E-state index contributed by atoms with van der Waals surface area (Å²) in [6.07, 6.45) is 0. The molecule has 0 saturated heterocycles. The number of nitrogens with two attached hydrogens (primary N) is 2. The van der Waals surface area contributed by atoms with E-state index in [0.29, 0.717) is 22.6 Å². The highest BCUT2D eigenvalue weighted by Gasteiger charge is 2.16. The van der Waals surface area contributed by atoms with E-state index in [1.807, 2.05) is 60.7 Å². The number of rotatable bonds is 5. The van der Waals surface area contributed by atoms with E-state index in [2.05, 4.69) is 4.98 Å². The van der Waals surface area contributed by atoms with Crippen molar-refractivity contribution in [1.29, 1.82) is 5.41 Å². The van der Waals surface area contributed by atoms with Gasteiger partial charge in [0.05, 0.1) is 11.3 Å². The van der Waals surface area contributed by atoms with Gasteiger partial charge in [-0.15, -0.1) is 0 Å². The third-order valence-corrected chi connectivity index (χ3v) is 4.62. The molecule has 0 bridgehead atoms. The van der Waals surface area contributed by atoms with Crippen LogP contribution in [0.5, 0.6) is 17.2 Å². The lowest BCUT2D eigenvalue weighted by Gasteiger charge is -2.14. The Bertz CT molecular complexity index is 1190. The number of anilines is 1. The molecule has 0 fully saturated rings. The molecule has 6 heteroatoms. The van der Waals surface area contributed by atoms with Crippen LogP contribution in [0.3, 0.4) is 0 Å². The number of nitrogens with zero attached hydrogens (tertiary/aromatic N) is 1. The van der Waals surface area contributed by atoms with Crippen molar-refractivity contribution in [3.05, 3.63) is 90.5 Å². The maximum atomic E-state index is 9.54. The van der Waals surface area contributed by atoms with Crippen LogP contribution in [0, 0.1) is 5.41 Å². The second-order valence-corrected chi connectivity index (χ2v) is 6.72. The van der Waals surface area contributed by atoms with Crippen molar-refractivity contribution in [1.82, 2.24) is 4.98 Å². The third kappa shape index (κ3) is 3.93. The van der Waals surface area contributed by atoms with Crippen LogP contribution in [0.25, 0.3) is 22.4 Å². The lowest BCUT2D eigenvalue weighted by atomic mass is 9.97. The van der Waals surface area contributed by atoms with E-state index in [9.17, 15) is 5.11 Å². The van der Waals surface area contributed by atoms with Gasteiger partial charge in [0.1, 0.15) is 28.9 Å². The van der Waals surface area contributed by atoms with E-state index >= 15 is 0 Å². The second kappa shape index (κ2) is 7.97. The fourth-order valence-electron chi connectivity index (χ4n) is 3.18. The zero-order valence-corrected chi connectivity index (χ0v) is 16.0. The van der Waals surface area contributed by atoms with Crippen molar-refractivity contribution in [2.75, 3.05) is 5.73 Å². The maximum Gasteiger partial charge on any atom is 0.135 e. The first-order valence-corrected chi connectivity index (χ1v) is 9.29. The number of hydrogen-bond donors (Lipinski definition) is 4. The Kier molecular flexibility index (Phi) is 5.05. The molecule has 0 atom stereocenters. The Hall–Kier alpha value is -4.32. The van der Waals surface area contributed by atoms with Crippen molar-refractivity contribution in [2.24, 2.45) is 5.73 Å². The quantitative estimate of drug-likeness (QED) is 0.286. The highest BCUT2D eigenvalue weighted by molar-refractivity contribution is 6.06. The van der Waals surface area contributed by atoms with Crippen LogP contribution in [0.4, 0.5) is 5.82 Å². The van der Waals surface area contributed by atoms with Crippen LogP contribution in [0.1, 0.15) is 5.56 Å². The van der Waals surface area contributed by atoms with E-state index in [4.69, 9.17) is 21.6 Å². The fourth-order valence-corrected chi connectivity index (χ4v) is 3.18. The number of aromatic hydroxyl groups is 1. The molecule has 0 amide bonds. The molecule has 6 N–H and O–H groups in total. The van der Waals surface area contributed by atoms with E-state index in [0.717, 1.165) is 16.9 Å². The van der Waals surface area contributed by atoms with Crippen molar-refractivity contribution < 1.29 is 9.84 Å². The van der Waals surface area contributed by atoms with Gasteiger partial charge >= 0.3 is 0 Å². The summed E-state index contributed by atoms with van der Waals surface area (Å²) < 4.78 is 5.85. The summed E-state index contributed by atoms with van der Waals surface area (Å²) in [5, 5.41) is 17.5. The van der Waals surface area contributed by atoms with Crippen molar-refractivity contribution in [3.8, 4) is 39.6 Å². The summed E-state index contributed by atoms with van der Waals surface area (Å²) >= 11 is 0. The Balaban J connectivity index is 1.74. The van der Waals surface area contributed by atoms with Crippen molar-refractivity contribution >= 4 is 11.7 Å². The maximum absolute atomic E-state index is 9.54. The number of benzene rings is 3. The Morgan fingerprint density at radius 2 is 1.43 bits per heavy atom. The molecule has 0 saturated carbocycles. The minimum Gasteiger partial charge on any atom is -0.508 e. The van der Waals surface area contributed by atoms with E-state index in [-0.39, 0.29) is 17.4 Å². The summed E-state index contributed by atoms with van der Waals surface area (Å²) in [6.45, 7) is 0. The third-order valence-electron chi connectivity index (χ3n) is 4.62. The molecule has 4 rings (SSSR count). The number of amidine groups is 1. The average molecular weight is 396 g/mol. The first-order chi connectivity index (χ1) is 14.5. The van der Waals surface area contributed by atoms with Crippen molar-refractivity contribution in [3.63, 3.8) is 0 Å². The number of pyridine rings is 1. The van der Waals surface area contributed by atoms with Crippen molar-refractivity contribution in [2.45, 2.75) is 0 Å². The predicted molar refractivity (Wildman–Crippen MR) is 119 cm³/mol. The normalized spacial score (nSPS) is 10.5. The molecule has 0 aliphatic heterocycles. The highest BCUT2D eigenvalue weighted by atomic mass is 16.5. The molecule has 3 aromatic carbocycles. The lowest BCUT2D eigenvalue weighted by Crippen LogP contribution is -2.16. The van der Waals surface area contributed by atoms with E-state index in [1.54, 1.807) is 24.3 Å². The highest BCUT2D eigenvalue weighted by Crippen LogP contribution is 2.33. The topological polar surface area (TPSA) is 118 Å². The summed E-state index contributed by atoms with van der Waals surface area (Å²) in [7, 11) is 0. The predicted octanol–water partition coefficient (Wildman–Crippen LogP) is 4.78. The number of phenols is 1. The van der Waals surface area contributed by atoms with E-state index < -0.39 is 0 Å². The Labute approximate surface area is 173 Å². The van der Waals surface area contributed by atoms with Gasteiger partial charge in [-0.2, -0.15) is 0 Å². The lowest BCUT2D eigenvalue weighted by molar-refractivity contribution is 0.475. The fraction of sp³-hybridized carbons (Fsp3) is 0. The van der Waals surface area contributed by atoms with Gasteiger partial charge in [0.2, 0.25) is 0 Å². The molecule has 6 nitrogen and oxygen atoms in total. The van der Waals surface area contributed by atoms with Gasteiger partial charge < -0.3 is 21.3 Å². The standard InChI is InChI=1S/C24H20N4O2/c25-23(26)22-20(14-21(28-24(22)27)16-6-10-17(29)11-7-16)15-8-12-19(13-9-15)30-18-4-2-1-3-5-18/h1-14,29H,(H3,25,26)(H2,27,28). The SMILES string of the molecule is N=C(N)c1c(-c2ccc(Oc3ccccc3)cc2)cc(-c2ccc(O)cc2)nc1N. The summed E-state index contributed by atoms with van der Waals surface area (Å²) in [5.41, 5.74) is 15.3. The van der Waals surface area contributed by atoms with Crippen LogP contribution >= 0.6 is 0 Å². The number of ether oxygens (including phenoxy) is 1. The molecule has 30 heavy (non-hydrogen) atoms. The second-order valence-electron chi connectivity index (χ2n) is 6.72. The first-order valence-electron chi connectivity index (χ1n) is 9.29. The van der Waals surface area contributed by atoms with Crippen LogP contribution in [-0.2, 0) is 0 Å². The van der Waals surface area contributed by atoms with E-state index in [1.165, 1.54) is 0 Å². The first kappa shape index (κ1) is 19.0. The number of nitrogens with one attached hydrogen (secondary N) is 1. The number of hydrogen-bond acceptors (Lipinski definition) is 5. The minimum absolute atomic E-state index is 0.156. The number of nitrogen functional groups attached to an aromatic ring is 2. The molecule has 148 valence electrons. The molecular formula is C24H20N4O2. The Morgan fingerprint density at radius 1 is 0.833 bits per heavy atom. The molecule has 1 heterocycles. The molecule has 0 aliphatic carbocycles. The summed E-state index contributed by atoms with van der Waals surface area (Å²) in [4.78, 5) is 4.40. The number of phenolic OH excluding ortho intramolecular Hbond substituents is 1. The van der Waals surface area contributed by atoms with Crippen LogP contribution in [-0.4, -0.2) is 15.9 Å². The van der Waals surface area contributed by atoms with Crippen LogP contribution in [0.2, 0.25) is 0 Å². The monoisotopic (exact) mass is 396 g/mol.